The average Bonchev–Trinajstić information content (AvgIpc) is 2.84. The number of nitrogens with zero attached hydrogens (tertiary/aromatic N) is 3. The number of hydrogen-bond acceptors (Lipinski definition) is 5. The van der Waals surface area contributed by atoms with Crippen molar-refractivity contribution in [2.75, 3.05) is 24.5 Å². The fraction of sp³-hybridized carbons (Fsp3) is 0.800. The second kappa shape index (κ2) is 3.48. The minimum atomic E-state index is 0.565. The Labute approximate surface area is 88.6 Å². The van der Waals surface area contributed by atoms with Gasteiger partial charge in [0.15, 0.2) is 5.82 Å². The van der Waals surface area contributed by atoms with Crippen molar-refractivity contribution in [3.05, 3.63) is 5.82 Å². The molecule has 0 bridgehead atoms. The first kappa shape index (κ1) is 9.15. The van der Waals surface area contributed by atoms with Crippen LogP contribution in [0.1, 0.15) is 31.0 Å². The molecule has 1 saturated heterocycles. The van der Waals surface area contributed by atoms with Gasteiger partial charge in [0, 0.05) is 19.0 Å². The Morgan fingerprint density at radius 1 is 1.40 bits per heavy atom. The molecule has 2 fully saturated rings. The summed E-state index contributed by atoms with van der Waals surface area (Å²) in [6, 6.07) is 0.688. The Balaban J connectivity index is 1.70. The van der Waals surface area contributed by atoms with Crippen LogP contribution < -0.4 is 10.6 Å². The Morgan fingerprint density at radius 3 is 2.93 bits per heavy atom. The van der Waals surface area contributed by atoms with Crippen molar-refractivity contribution in [3.8, 4) is 0 Å². The van der Waals surface area contributed by atoms with E-state index in [2.05, 4.69) is 15.0 Å². The quantitative estimate of drug-likeness (QED) is 0.793. The summed E-state index contributed by atoms with van der Waals surface area (Å²) in [4.78, 5) is 6.58. The van der Waals surface area contributed by atoms with E-state index in [4.69, 9.17) is 10.3 Å². The predicted molar refractivity (Wildman–Crippen MR) is 55.6 cm³/mol. The van der Waals surface area contributed by atoms with Gasteiger partial charge < -0.3 is 15.2 Å². The fourth-order valence-corrected chi connectivity index (χ4v) is 2.06. The summed E-state index contributed by atoms with van der Waals surface area (Å²) < 4.78 is 5.27. The highest BCUT2D eigenvalue weighted by molar-refractivity contribution is 5.28. The molecule has 5 nitrogen and oxygen atoms in total. The van der Waals surface area contributed by atoms with Crippen LogP contribution in [0.15, 0.2) is 4.52 Å². The van der Waals surface area contributed by atoms with Crippen molar-refractivity contribution in [1.82, 2.24) is 10.1 Å². The minimum Gasteiger partial charge on any atom is -0.330 e. The lowest BCUT2D eigenvalue weighted by atomic mass is 10.1. The van der Waals surface area contributed by atoms with E-state index in [1.54, 1.807) is 0 Å². The molecule has 15 heavy (non-hydrogen) atoms. The number of anilines is 1. The van der Waals surface area contributed by atoms with Gasteiger partial charge in [-0.2, -0.15) is 4.98 Å². The van der Waals surface area contributed by atoms with Crippen molar-refractivity contribution >= 4 is 6.01 Å². The van der Waals surface area contributed by atoms with E-state index in [0.717, 1.165) is 31.9 Å². The summed E-state index contributed by atoms with van der Waals surface area (Å²) in [7, 11) is 0. The number of rotatable bonds is 3. The minimum absolute atomic E-state index is 0.565. The first-order valence-electron chi connectivity index (χ1n) is 5.65. The Kier molecular flexibility index (Phi) is 2.12. The zero-order valence-electron chi connectivity index (χ0n) is 8.72. The molecule has 0 spiro atoms. The largest absolute Gasteiger partial charge is 0.330 e. The molecule has 0 radical (unpaired) electrons. The van der Waals surface area contributed by atoms with E-state index >= 15 is 0 Å². The average molecular weight is 208 g/mol. The van der Waals surface area contributed by atoms with Crippen LogP contribution >= 0.6 is 0 Å². The molecule has 3 rings (SSSR count). The van der Waals surface area contributed by atoms with Gasteiger partial charge in [0.25, 0.3) is 0 Å². The molecule has 1 aliphatic carbocycles. The van der Waals surface area contributed by atoms with Crippen molar-refractivity contribution in [2.45, 2.75) is 25.2 Å². The Morgan fingerprint density at radius 2 is 2.27 bits per heavy atom. The van der Waals surface area contributed by atoms with Gasteiger partial charge in [0.05, 0.1) is 0 Å². The first-order chi connectivity index (χ1) is 7.36. The van der Waals surface area contributed by atoms with Gasteiger partial charge in [0.1, 0.15) is 0 Å². The molecule has 0 amide bonds. The SMILES string of the molecule is NCC1CCN(c2nc(C3CC3)no2)C1. The number of aromatic nitrogens is 2. The highest BCUT2D eigenvalue weighted by Gasteiger charge is 2.31. The highest BCUT2D eigenvalue weighted by Crippen LogP contribution is 2.39. The highest BCUT2D eigenvalue weighted by atomic mass is 16.5. The molecule has 2 aliphatic rings. The van der Waals surface area contributed by atoms with Crippen LogP contribution in [0.4, 0.5) is 6.01 Å². The third-order valence-corrected chi connectivity index (χ3v) is 3.26. The van der Waals surface area contributed by atoms with Crippen LogP contribution in [-0.4, -0.2) is 29.8 Å². The van der Waals surface area contributed by atoms with Crippen LogP contribution in [0.2, 0.25) is 0 Å². The van der Waals surface area contributed by atoms with Gasteiger partial charge in [0.2, 0.25) is 0 Å². The standard InChI is InChI=1S/C10H16N4O/c11-5-7-3-4-14(6-7)10-12-9(13-15-10)8-1-2-8/h7-8H,1-6,11H2. The molecule has 0 aromatic carbocycles. The monoisotopic (exact) mass is 208 g/mol. The smallest absolute Gasteiger partial charge is 0.324 e. The summed E-state index contributed by atoms with van der Waals surface area (Å²) in [5.74, 6) is 2.04. The van der Waals surface area contributed by atoms with Gasteiger partial charge in [-0.3, -0.25) is 0 Å². The molecule has 1 unspecified atom stereocenters. The second-order valence-corrected chi connectivity index (χ2v) is 4.55. The molecular weight excluding hydrogens is 192 g/mol. The molecule has 1 atom stereocenters. The lowest BCUT2D eigenvalue weighted by Crippen LogP contribution is -2.22. The first-order valence-corrected chi connectivity index (χ1v) is 5.65. The van der Waals surface area contributed by atoms with Crippen molar-refractivity contribution in [1.29, 1.82) is 0 Å². The normalized spacial score (nSPS) is 26.2. The third kappa shape index (κ3) is 1.71. The lowest BCUT2D eigenvalue weighted by Gasteiger charge is -2.11. The maximum absolute atomic E-state index is 5.64. The molecule has 1 aliphatic heterocycles. The molecule has 82 valence electrons. The van der Waals surface area contributed by atoms with Gasteiger partial charge in [-0.05, 0) is 31.7 Å². The van der Waals surface area contributed by atoms with E-state index in [0.29, 0.717) is 17.9 Å². The summed E-state index contributed by atoms with van der Waals surface area (Å²) >= 11 is 0. The van der Waals surface area contributed by atoms with Gasteiger partial charge >= 0.3 is 6.01 Å². The molecule has 2 N–H and O–H groups in total. The maximum atomic E-state index is 5.64. The molecule has 1 aromatic rings. The van der Waals surface area contributed by atoms with Gasteiger partial charge in [-0.25, -0.2) is 0 Å². The van der Waals surface area contributed by atoms with Crippen LogP contribution in [0.3, 0.4) is 0 Å². The van der Waals surface area contributed by atoms with E-state index in [9.17, 15) is 0 Å². The zero-order chi connectivity index (χ0) is 10.3. The fourth-order valence-electron chi connectivity index (χ4n) is 2.06. The van der Waals surface area contributed by atoms with E-state index in [1.807, 2.05) is 0 Å². The number of hydrogen-bond donors (Lipinski definition) is 1. The number of nitrogens with two attached hydrogens (primary N) is 1. The topological polar surface area (TPSA) is 68.2 Å². The predicted octanol–water partition coefficient (Wildman–Crippen LogP) is 0.732. The van der Waals surface area contributed by atoms with Crippen LogP contribution in [0.5, 0.6) is 0 Å². The van der Waals surface area contributed by atoms with Crippen molar-refractivity contribution in [2.24, 2.45) is 11.7 Å². The molecule has 5 heteroatoms. The van der Waals surface area contributed by atoms with Crippen LogP contribution in [-0.2, 0) is 0 Å². The summed E-state index contributed by atoms with van der Waals surface area (Å²) in [6.45, 7) is 2.71. The van der Waals surface area contributed by atoms with Crippen molar-refractivity contribution < 1.29 is 4.52 Å². The molecule has 1 saturated carbocycles. The van der Waals surface area contributed by atoms with Crippen LogP contribution in [0.25, 0.3) is 0 Å². The van der Waals surface area contributed by atoms with Gasteiger partial charge in [-0.15, -0.1) is 0 Å². The molecular formula is C10H16N4O. The van der Waals surface area contributed by atoms with E-state index < -0.39 is 0 Å². The lowest BCUT2D eigenvalue weighted by molar-refractivity contribution is 0.410. The van der Waals surface area contributed by atoms with Gasteiger partial charge in [-0.1, -0.05) is 5.16 Å². The Bertz CT molecular complexity index is 347. The maximum Gasteiger partial charge on any atom is 0.324 e. The van der Waals surface area contributed by atoms with E-state index in [1.165, 1.54) is 12.8 Å². The van der Waals surface area contributed by atoms with Crippen LogP contribution in [0, 0.1) is 5.92 Å². The zero-order valence-corrected chi connectivity index (χ0v) is 8.72. The summed E-state index contributed by atoms with van der Waals surface area (Å²) in [5, 5.41) is 4.01. The van der Waals surface area contributed by atoms with Crippen molar-refractivity contribution in [3.63, 3.8) is 0 Å². The molecule has 2 heterocycles. The summed E-state index contributed by atoms with van der Waals surface area (Å²) in [5.41, 5.74) is 5.64. The third-order valence-electron chi connectivity index (χ3n) is 3.26. The summed E-state index contributed by atoms with van der Waals surface area (Å²) in [6.07, 6.45) is 3.56. The molecule has 1 aromatic heterocycles. The second-order valence-electron chi connectivity index (χ2n) is 4.55. The van der Waals surface area contributed by atoms with E-state index in [-0.39, 0.29) is 0 Å². The Hall–Kier alpha value is -1.10.